The van der Waals surface area contributed by atoms with Crippen molar-refractivity contribution in [1.82, 2.24) is 0 Å². The summed E-state index contributed by atoms with van der Waals surface area (Å²) in [6.45, 7) is 2.24. The van der Waals surface area contributed by atoms with Crippen LogP contribution in [0, 0.1) is 0 Å². The number of benzene rings is 1. The molecule has 2 rings (SSSR count). The van der Waals surface area contributed by atoms with Crippen molar-refractivity contribution in [2.45, 2.75) is 0 Å². The normalized spacial score (nSPS) is 16.6. The molecule has 0 aliphatic carbocycles. The number of hydrogen-bond donors (Lipinski definition) is 2. The lowest BCUT2D eigenvalue weighted by Crippen LogP contribution is -2.32. The van der Waals surface area contributed by atoms with Crippen LogP contribution in [0.15, 0.2) is 29.4 Å². The molecule has 1 aliphatic heterocycles. The molecule has 0 unspecified atom stereocenters. The molecule has 5 heteroatoms. The predicted molar refractivity (Wildman–Crippen MR) is 69.9 cm³/mol. The molecule has 1 fully saturated rings. The lowest BCUT2D eigenvalue weighted by atomic mass is 10.2. The molecule has 16 heavy (non-hydrogen) atoms. The minimum absolute atomic E-state index is 0.924. The quantitative estimate of drug-likeness (QED) is 0.366. The van der Waals surface area contributed by atoms with E-state index in [0.29, 0.717) is 0 Å². The third-order valence-corrected chi connectivity index (χ3v) is 3.47. The van der Waals surface area contributed by atoms with E-state index in [1.807, 2.05) is 23.9 Å². The number of oxime groups is 1. The van der Waals surface area contributed by atoms with Gasteiger partial charge in [0.1, 0.15) is 6.34 Å². The first-order chi connectivity index (χ1) is 7.90. The Morgan fingerprint density at radius 1 is 1.25 bits per heavy atom. The SMILES string of the molecule is O/N=C/Nc1ccc(N2CCSCC2)cc1. The Labute approximate surface area is 99.3 Å². The van der Waals surface area contributed by atoms with E-state index in [-0.39, 0.29) is 0 Å². The average Bonchev–Trinajstić information content (AvgIpc) is 2.38. The maximum atomic E-state index is 8.28. The van der Waals surface area contributed by atoms with E-state index < -0.39 is 0 Å². The Bertz CT molecular complexity index is 347. The van der Waals surface area contributed by atoms with E-state index in [1.54, 1.807) is 0 Å². The maximum Gasteiger partial charge on any atom is 0.132 e. The van der Waals surface area contributed by atoms with Crippen LogP contribution in [0.5, 0.6) is 0 Å². The van der Waals surface area contributed by atoms with E-state index in [4.69, 9.17) is 5.21 Å². The van der Waals surface area contributed by atoms with Crippen LogP contribution in [-0.2, 0) is 0 Å². The molecule has 0 radical (unpaired) electrons. The summed E-state index contributed by atoms with van der Waals surface area (Å²) in [6, 6.07) is 8.14. The third-order valence-electron chi connectivity index (χ3n) is 2.53. The number of nitrogens with one attached hydrogen (secondary N) is 1. The van der Waals surface area contributed by atoms with Gasteiger partial charge in [-0.25, -0.2) is 0 Å². The van der Waals surface area contributed by atoms with Gasteiger partial charge in [-0.3, -0.25) is 0 Å². The Hall–Kier alpha value is -1.36. The van der Waals surface area contributed by atoms with E-state index in [2.05, 4.69) is 27.5 Å². The first-order valence-electron chi connectivity index (χ1n) is 5.25. The van der Waals surface area contributed by atoms with Gasteiger partial charge in [0, 0.05) is 36.0 Å². The van der Waals surface area contributed by atoms with Gasteiger partial charge in [0.25, 0.3) is 0 Å². The maximum absolute atomic E-state index is 8.28. The molecule has 86 valence electrons. The van der Waals surface area contributed by atoms with Crippen molar-refractivity contribution in [1.29, 1.82) is 0 Å². The highest BCUT2D eigenvalue weighted by Gasteiger charge is 2.10. The molecular formula is C11H15N3OS. The summed E-state index contributed by atoms with van der Waals surface area (Å²) >= 11 is 2.01. The summed E-state index contributed by atoms with van der Waals surface area (Å²) in [5.74, 6) is 2.41. The van der Waals surface area contributed by atoms with Crippen molar-refractivity contribution in [2.24, 2.45) is 5.16 Å². The zero-order valence-electron chi connectivity index (χ0n) is 8.97. The Balaban J connectivity index is 2.00. The lowest BCUT2D eigenvalue weighted by Gasteiger charge is -2.28. The van der Waals surface area contributed by atoms with Crippen LogP contribution >= 0.6 is 11.8 Å². The monoisotopic (exact) mass is 237 g/mol. The van der Waals surface area contributed by atoms with Crippen LogP contribution in [0.1, 0.15) is 0 Å². The van der Waals surface area contributed by atoms with E-state index >= 15 is 0 Å². The van der Waals surface area contributed by atoms with Gasteiger partial charge in [-0.05, 0) is 24.3 Å². The van der Waals surface area contributed by atoms with Crippen molar-refractivity contribution in [3.05, 3.63) is 24.3 Å². The fourth-order valence-corrected chi connectivity index (χ4v) is 2.60. The van der Waals surface area contributed by atoms with Crippen molar-refractivity contribution in [2.75, 3.05) is 34.8 Å². The minimum Gasteiger partial charge on any atom is -0.410 e. The third kappa shape index (κ3) is 2.82. The number of thioether (sulfide) groups is 1. The van der Waals surface area contributed by atoms with Crippen LogP contribution < -0.4 is 10.2 Å². The molecule has 1 saturated heterocycles. The molecule has 0 atom stereocenters. The minimum atomic E-state index is 0.924. The first kappa shape index (κ1) is 11.1. The van der Waals surface area contributed by atoms with Gasteiger partial charge >= 0.3 is 0 Å². The topological polar surface area (TPSA) is 47.9 Å². The van der Waals surface area contributed by atoms with Gasteiger partial charge in [0.05, 0.1) is 0 Å². The first-order valence-corrected chi connectivity index (χ1v) is 6.41. The molecule has 0 bridgehead atoms. The lowest BCUT2D eigenvalue weighted by molar-refractivity contribution is 0.321. The van der Waals surface area contributed by atoms with Crippen molar-refractivity contribution in [3.63, 3.8) is 0 Å². The van der Waals surface area contributed by atoms with Gasteiger partial charge in [0.15, 0.2) is 0 Å². The Morgan fingerprint density at radius 2 is 1.94 bits per heavy atom. The highest BCUT2D eigenvalue weighted by molar-refractivity contribution is 7.99. The summed E-state index contributed by atoms with van der Waals surface area (Å²) in [4.78, 5) is 2.39. The number of nitrogens with zero attached hydrogens (tertiary/aromatic N) is 2. The molecule has 0 aromatic heterocycles. The van der Waals surface area contributed by atoms with Crippen molar-refractivity contribution < 1.29 is 5.21 Å². The number of anilines is 2. The largest absolute Gasteiger partial charge is 0.410 e. The van der Waals surface area contributed by atoms with Crippen LogP contribution in [-0.4, -0.2) is 36.1 Å². The number of rotatable bonds is 3. The van der Waals surface area contributed by atoms with Crippen LogP contribution in [0.4, 0.5) is 11.4 Å². The average molecular weight is 237 g/mol. The summed E-state index contributed by atoms with van der Waals surface area (Å²) < 4.78 is 0. The van der Waals surface area contributed by atoms with Gasteiger partial charge in [0.2, 0.25) is 0 Å². The van der Waals surface area contributed by atoms with Crippen LogP contribution in [0.25, 0.3) is 0 Å². The zero-order chi connectivity index (χ0) is 11.2. The summed E-state index contributed by atoms with van der Waals surface area (Å²) in [5, 5.41) is 14.0. The molecule has 0 spiro atoms. The summed E-state index contributed by atoms with van der Waals surface area (Å²) in [7, 11) is 0. The van der Waals surface area contributed by atoms with Crippen LogP contribution in [0.3, 0.4) is 0 Å². The van der Waals surface area contributed by atoms with Crippen molar-refractivity contribution >= 4 is 29.5 Å². The molecule has 1 heterocycles. The van der Waals surface area contributed by atoms with Gasteiger partial charge in [-0.15, -0.1) is 0 Å². The second-order valence-corrected chi connectivity index (χ2v) is 4.76. The molecule has 4 nitrogen and oxygen atoms in total. The molecule has 1 aromatic carbocycles. The van der Waals surface area contributed by atoms with E-state index in [1.165, 1.54) is 23.5 Å². The van der Waals surface area contributed by atoms with E-state index in [0.717, 1.165) is 18.8 Å². The van der Waals surface area contributed by atoms with Crippen molar-refractivity contribution in [3.8, 4) is 0 Å². The van der Waals surface area contributed by atoms with Crippen LogP contribution in [0.2, 0.25) is 0 Å². The fourth-order valence-electron chi connectivity index (χ4n) is 1.69. The van der Waals surface area contributed by atoms with Gasteiger partial charge in [-0.2, -0.15) is 11.8 Å². The molecule has 2 N–H and O–H groups in total. The highest BCUT2D eigenvalue weighted by Crippen LogP contribution is 2.21. The van der Waals surface area contributed by atoms with Gasteiger partial charge < -0.3 is 15.4 Å². The molecule has 1 aliphatic rings. The standard InChI is InChI=1S/C11H15N3OS/c15-13-9-12-10-1-3-11(4-2-10)14-5-7-16-8-6-14/h1-4,9,15H,5-8H2,(H,12,13). The Morgan fingerprint density at radius 3 is 2.56 bits per heavy atom. The Kier molecular flexibility index (Phi) is 3.93. The molecular weight excluding hydrogens is 222 g/mol. The van der Waals surface area contributed by atoms with Gasteiger partial charge in [-0.1, -0.05) is 5.16 Å². The summed E-state index contributed by atoms with van der Waals surface area (Å²) in [6.07, 6.45) is 1.26. The second kappa shape index (κ2) is 5.65. The second-order valence-electron chi connectivity index (χ2n) is 3.54. The molecule has 1 aromatic rings. The summed E-state index contributed by atoms with van der Waals surface area (Å²) in [5.41, 5.74) is 2.18. The highest BCUT2D eigenvalue weighted by atomic mass is 32.2. The fraction of sp³-hybridized carbons (Fsp3) is 0.364. The van der Waals surface area contributed by atoms with E-state index in [9.17, 15) is 0 Å². The zero-order valence-corrected chi connectivity index (χ0v) is 9.78. The molecule has 0 saturated carbocycles. The molecule has 0 amide bonds. The predicted octanol–water partition coefficient (Wildman–Crippen LogP) is 2.07. The smallest absolute Gasteiger partial charge is 0.132 e. The number of hydrogen-bond acceptors (Lipinski definition) is 4.